The summed E-state index contributed by atoms with van der Waals surface area (Å²) in [6, 6.07) is 0.348. The van der Waals surface area contributed by atoms with Crippen LogP contribution in [0.25, 0.3) is 11.2 Å². The molecule has 2 atom stereocenters. The van der Waals surface area contributed by atoms with Crippen LogP contribution in [-0.4, -0.2) is 26.6 Å². The molecule has 2 aromatic rings. The highest BCUT2D eigenvalue weighted by Gasteiger charge is 2.23. The van der Waals surface area contributed by atoms with Gasteiger partial charge in [-0.05, 0) is 19.8 Å². The van der Waals surface area contributed by atoms with Crippen molar-refractivity contribution in [3.63, 3.8) is 0 Å². The average molecular weight is 297 g/mol. The van der Waals surface area contributed by atoms with Gasteiger partial charge in [0, 0.05) is 6.04 Å². The second kappa shape index (κ2) is 6.39. The zero-order chi connectivity index (χ0) is 14.7. The van der Waals surface area contributed by atoms with Gasteiger partial charge < -0.3 is 9.30 Å². The third-order valence-electron chi connectivity index (χ3n) is 3.48. The van der Waals surface area contributed by atoms with Crippen molar-refractivity contribution in [2.45, 2.75) is 51.5 Å². The Morgan fingerprint density at radius 1 is 1.35 bits per heavy atom. The van der Waals surface area contributed by atoms with Crippen molar-refractivity contribution >= 4 is 22.8 Å². The molecule has 0 saturated carbocycles. The number of alkyl halides is 1. The molecule has 2 unspecified atom stereocenters. The lowest BCUT2D eigenvalue weighted by Crippen LogP contribution is -2.12. The molecule has 2 aromatic heterocycles. The number of hydrogen-bond donors (Lipinski definition) is 0. The fraction of sp³-hybridized carbons (Fsp3) is 0.643. The first kappa shape index (κ1) is 15.0. The van der Waals surface area contributed by atoms with Gasteiger partial charge in [-0.25, -0.2) is 9.97 Å². The zero-order valence-corrected chi connectivity index (χ0v) is 13.2. The van der Waals surface area contributed by atoms with E-state index in [1.807, 2.05) is 6.92 Å². The first-order valence-corrected chi connectivity index (χ1v) is 7.48. The molecule has 2 heterocycles. The smallest absolute Gasteiger partial charge is 0.245 e. The van der Waals surface area contributed by atoms with Crippen molar-refractivity contribution in [3.8, 4) is 5.88 Å². The lowest BCUT2D eigenvalue weighted by Gasteiger charge is -2.20. The largest absolute Gasteiger partial charge is 0.479 e. The van der Waals surface area contributed by atoms with Crippen molar-refractivity contribution in [2.75, 3.05) is 7.11 Å². The summed E-state index contributed by atoms with van der Waals surface area (Å²) in [7, 11) is 1.59. The van der Waals surface area contributed by atoms with E-state index in [4.69, 9.17) is 16.3 Å². The highest BCUT2D eigenvalue weighted by molar-refractivity contribution is 6.20. The van der Waals surface area contributed by atoms with E-state index in [0.29, 0.717) is 17.4 Å². The Kier molecular flexibility index (Phi) is 4.81. The second-order valence-electron chi connectivity index (χ2n) is 4.86. The van der Waals surface area contributed by atoms with Crippen LogP contribution in [0.15, 0.2) is 6.33 Å². The van der Waals surface area contributed by atoms with Crippen molar-refractivity contribution in [1.29, 1.82) is 0 Å². The minimum absolute atomic E-state index is 0.181. The monoisotopic (exact) mass is 296 g/mol. The van der Waals surface area contributed by atoms with Gasteiger partial charge in [0.1, 0.15) is 12.2 Å². The fourth-order valence-electron chi connectivity index (χ4n) is 2.54. The van der Waals surface area contributed by atoms with Gasteiger partial charge in [-0.15, -0.1) is 11.6 Å². The van der Waals surface area contributed by atoms with E-state index in [9.17, 15) is 0 Å². The molecule has 0 spiro atoms. The molecule has 0 N–H and O–H groups in total. The first-order chi connectivity index (χ1) is 9.63. The van der Waals surface area contributed by atoms with Crippen LogP contribution >= 0.6 is 11.6 Å². The number of rotatable bonds is 6. The van der Waals surface area contributed by atoms with Gasteiger partial charge in [0.2, 0.25) is 5.88 Å². The average Bonchev–Trinajstić information content (AvgIpc) is 2.84. The molecule has 20 heavy (non-hydrogen) atoms. The second-order valence-corrected chi connectivity index (χ2v) is 5.52. The molecular formula is C14H21ClN4O. The van der Waals surface area contributed by atoms with E-state index in [0.717, 1.165) is 30.7 Å². The van der Waals surface area contributed by atoms with E-state index >= 15 is 0 Å². The molecule has 110 valence electrons. The molecular weight excluding hydrogens is 276 g/mol. The van der Waals surface area contributed by atoms with Gasteiger partial charge >= 0.3 is 0 Å². The molecule has 0 aliphatic heterocycles. The van der Waals surface area contributed by atoms with Gasteiger partial charge in [-0.2, -0.15) is 4.98 Å². The number of aromatic nitrogens is 4. The maximum Gasteiger partial charge on any atom is 0.245 e. The summed E-state index contributed by atoms with van der Waals surface area (Å²) in [4.78, 5) is 13.1. The molecule has 0 aliphatic rings. The Hall–Kier alpha value is -1.36. The maximum absolute atomic E-state index is 6.30. The van der Waals surface area contributed by atoms with Crippen molar-refractivity contribution in [2.24, 2.45) is 0 Å². The quantitative estimate of drug-likeness (QED) is 0.759. The molecule has 0 aliphatic carbocycles. The lowest BCUT2D eigenvalue weighted by atomic mass is 10.1. The summed E-state index contributed by atoms with van der Waals surface area (Å²) in [5.41, 5.74) is 1.49. The summed E-state index contributed by atoms with van der Waals surface area (Å²) in [5.74, 6) is 1.33. The third-order valence-corrected chi connectivity index (χ3v) is 3.67. The molecule has 0 saturated heterocycles. The summed E-state index contributed by atoms with van der Waals surface area (Å²) in [6.07, 6.45) is 4.71. The number of nitrogens with zero attached hydrogens (tertiary/aromatic N) is 4. The molecule has 0 radical (unpaired) electrons. The van der Waals surface area contributed by atoms with Gasteiger partial charge in [0.15, 0.2) is 11.2 Å². The molecule has 0 aromatic carbocycles. The van der Waals surface area contributed by atoms with Crippen LogP contribution < -0.4 is 4.74 Å². The van der Waals surface area contributed by atoms with E-state index in [-0.39, 0.29) is 5.38 Å². The predicted molar refractivity (Wildman–Crippen MR) is 80.4 cm³/mol. The zero-order valence-electron chi connectivity index (χ0n) is 12.4. The summed E-state index contributed by atoms with van der Waals surface area (Å²) in [5, 5.41) is -0.181. The molecule has 2 rings (SSSR count). The van der Waals surface area contributed by atoms with Gasteiger partial charge in [0.25, 0.3) is 0 Å². The Morgan fingerprint density at radius 3 is 2.65 bits per heavy atom. The highest BCUT2D eigenvalue weighted by Crippen LogP contribution is 2.32. The third kappa shape index (κ3) is 2.59. The minimum atomic E-state index is -0.181. The number of methoxy groups -OCH3 is 1. The number of halogens is 1. The summed E-state index contributed by atoms with van der Waals surface area (Å²) >= 11 is 6.30. The predicted octanol–water partition coefficient (Wildman–Crippen LogP) is 3.89. The number of hydrogen-bond acceptors (Lipinski definition) is 4. The van der Waals surface area contributed by atoms with Crippen LogP contribution in [0.4, 0.5) is 0 Å². The Bertz CT molecular complexity index is 582. The van der Waals surface area contributed by atoms with Crippen LogP contribution in [0.3, 0.4) is 0 Å². The minimum Gasteiger partial charge on any atom is -0.479 e. The van der Waals surface area contributed by atoms with E-state index in [1.165, 1.54) is 6.33 Å². The van der Waals surface area contributed by atoms with Crippen LogP contribution in [0.1, 0.15) is 57.3 Å². The SMILES string of the molecule is CCCC(CC)n1c(C(C)Cl)nc2c(OC)ncnc21. The molecule has 5 nitrogen and oxygen atoms in total. The number of imidazole rings is 1. The summed E-state index contributed by atoms with van der Waals surface area (Å²) in [6.45, 7) is 6.28. The Labute approximate surface area is 124 Å². The van der Waals surface area contributed by atoms with E-state index in [1.54, 1.807) is 7.11 Å². The maximum atomic E-state index is 6.30. The highest BCUT2D eigenvalue weighted by atomic mass is 35.5. The van der Waals surface area contributed by atoms with Crippen molar-refractivity contribution < 1.29 is 4.74 Å². The lowest BCUT2D eigenvalue weighted by molar-refractivity contribution is 0.401. The van der Waals surface area contributed by atoms with Crippen molar-refractivity contribution in [3.05, 3.63) is 12.2 Å². The van der Waals surface area contributed by atoms with Gasteiger partial charge in [-0.3, -0.25) is 0 Å². The van der Waals surface area contributed by atoms with Crippen molar-refractivity contribution in [1.82, 2.24) is 19.5 Å². The van der Waals surface area contributed by atoms with Gasteiger partial charge in [0.05, 0.1) is 12.5 Å². The first-order valence-electron chi connectivity index (χ1n) is 7.04. The standard InChI is InChI=1S/C14H21ClN4O/c1-5-7-10(6-2)19-12(9(3)15)18-11-13(19)16-8-17-14(11)20-4/h8-10H,5-7H2,1-4H3. The summed E-state index contributed by atoms with van der Waals surface area (Å²) < 4.78 is 7.43. The molecule has 6 heteroatoms. The fourth-order valence-corrected chi connectivity index (χ4v) is 2.70. The Balaban J connectivity index is 2.68. The normalized spacial score (nSPS) is 14.4. The van der Waals surface area contributed by atoms with Crippen LogP contribution in [0.5, 0.6) is 5.88 Å². The molecule has 0 fully saturated rings. The van der Waals surface area contributed by atoms with E-state index < -0.39 is 0 Å². The Morgan fingerprint density at radius 2 is 2.10 bits per heavy atom. The van der Waals surface area contributed by atoms with Gasteiger partial charge in [-0.1, -0.05) is 20.3 Å². The topological polar surface area (TPSA) is 52.8 Å². The molecule has 0 amide bonds. The van der Waals surface area contributed by atoms with Crippen LogP contribution in [0.2, 0.25) is 0 Å². The molecule has 0 bridgehead atoms. The van der Waals surface area contributed by atoms with Crippen LogP contribution in [0, 0.1) is 0 Å². The number of ether oxygens (including phenoxy) is 1. The van der Waals surface area contributed by atoms with Crippen LogP contribution in [-0.2, 0) is 0 Å². The number of fused-ring (bicyclic) bond motifs is 1. The van der Waals surface area contributed by atoms with E-state index in [2.05, 4.69) is 33.4 Å².